The van der Waals surface area contributed by atoms with E-state index in [-0.39, 0.29) is 11.5 Å². The highest BCUT2D eigenvalue weighted by molar-refractivity contribution is 5.78. The quantitative estimate of drug-likeness (QED) is 0.768. The molecule has 1 atom stereocenters. The van der Waals surface area contributed by atoms with Crippen LogP contribution in [0.4, 0.5) is 4.39 Å². The van der Waals surface area contributed by atoms with Gasteiger partial charge in [-0.05, 0) is 43.2 Å². The van der Waals surface area contributed by atoms with E-state index in [4.69, 9.17) is 5.73 Å². The van der Waals surface area contributed by atoms with Gasteiger partial charge in [-0.25, -0.2) is 4.39 Å². The minimum Gasteiger partial charge on any atom is -0.320 e. The van der Waals surface area contributed by atoms with E-state index in [1.54, 1.807) is 25.4 Å². The number of halogens is 1. The van der Waals surface area contributed by atoms with Crippen molar-refractivity contribution in [2.45, 2.75) is 18.9 Å². The predicted molar refractivity (Wildman–Crippen MR) is 75.5 cm³/mol. The van der Waals surface area contributed by atoms with Gasteiger partial charge in [-0.1, -0.05) is 6.07 Å². The number of fused-ring (bicyclic) bond motifs is 1. The third-order valence-corrected chi connectivity index (χ3v) is 3.38. The van der Waals surface area contributed by atoms with Crippen LogP contribution in [0.25, 0.3) is 10.9 Å². The molecule has 0 fully saturated rings. The fourth-order valence-electron chi connectivity index (χ4n) is 2.42. The molecular formula is C15H15FN4. The summed E-state index contributed by atoms with van der Waals surface area (Å²) >= 11 is 0. The smallest absolute Gasteiger partial charge is 0.146 e. The molecule has 0 saturated heterocycles. The van der Waals surface area contributed by atoms with Crippen molar-refractivity contribution in [2.24, 2.45) is 5.73 Å². The van der Waals surface area contributed by atoms with Crippen molar-refractivity contribution in [1.29, 1.82) is 0 Å². The Bertz CT molecular complexity index is 748. The first-order valence-corrected chi connectivity index (χ1v) is 6.38. The number of aromatic nitrogens is 3. The topological polar surface area (TPSA) is 67.6 Å². The number of nitrogens with zero attached hydrogens (tertiary/aromatic N) is 2. The van der Waals surface area contributed by atoms with Crippen LogP contribution in [0, 0.1) is 5.82 Å². The highest BCUT2D eigenvalue weighted by atomic mass is 19.1. The summed E-state index contributed by atoms with van der Waals surface area (Å²) in [6.07, 6.45) is 3.82. The Morgan fingerprint density at radius 3 is 3.00 bits per heavy atom. The van der Waals surface area contributed by atoms with Gasteiger partial charge in [0.2, 0.25) is 0 Å². The lowest BCUT2D eigenvalue weighted by Crippen LogP contribution is -2.37. The van der Waals surface area contributed by atoms with Crippen LogP contribution in [-0.4, -0.2) is 15.2 Å². The molecule has 102 valence electrons. The molecular weight excluding hydrogens is 255 g/mol. The van der Waals surface area contributed by atoms with Gasteiger partial charge in [-0.3, -0.25) is 10.1 Å². The molecule has 3 N–H and O–H groups in total. The molecule has 3 aromatic rings. The van der Waals surface area contributed by atoms with Crippen LogP contribution in [0.2, 0.25) is 0 Å². The highest BCUT2D eigenvalue weighted by Gasteiger charge is 2.26. The third-order valence-electron chi connectivity index (χ3n) is 3.38. The summed E-state index contributed by atoms with van der Waals surface area (Å²) in [6.45, 7) is 1.79. The van der Waals surface area contributed by atoms with Gasteiger partial charge in [0, 0.05) is 11.6 Å². The molecule has 1 unspecified atom stereocenters. The van der Waals surface area contributed by atoms with Crippen molar-refractivity contribution in [2.75, 3.05) is 0 Å². The van der Waals surface area contributed by atoms with Crippen LogP contribution in [0.15, 0.2) is 42.7 Å². The fraction of sp³-hybridized carbons (Fsp3) is 0.200. The maximum atomic E-state index is 13.8. The molecule has 4 nitrogen and oxygen atoms in total. The molecule has 20 heavy (non-hydrogen) atoms. The van der Waals surface area contributed by atoms with Crippen LogP contribution < -0.4 is 5.73 Å². The Labute approximate surface area is 115 Å². The monoisotopic (exact) mass is 270 g/mol. The molecule has 0 amide bonds. The molecule has 0 spiro atoms. The number of pyridine rings is 1. The average molecular weight is 270 g/mol. The summed E-state index contributed by atoms with van der Waals surface area (Å²) in [5.74, 6) is -0.373. The van der Waals surface area contributed by atoms with Gasteiger partial charge in [0.1, 0.15) is 5.82 Å². The number of nitrogens with one attached hydrogen (secondary N) is 1. The van der Waals surface area contributed by atoms with E-state index >= 15 is 0 Å². The van der Waals surface area contributed by atoms with E-state index in [2.05, 4.69) is 15.2 Å². The van der Waals surface area contributed by atoms with Crippen LogP contribution in [0.1, 0.15) is 18.2 Å². The number of benzene rings is 1. The molecule has 0 aliphatic heterocycles. The Hall–Kier alpha value is -2.27. The van der Waals surface area contributed by atoms with E-state index in [1.807, 2.05) is 18.2 Å². The second kappa shape index (κ2) is 4.68. The first-order chi connectivity index (χ1) is 9.56. The second-order valence-corrected chi connectivity index (χ2v) is 5.22. The molecule has 0 saturated carbocycles. The van der Waals surface area contributed by atoms with E-state index in [9.17, 15) is 4.39 Å². The van der Waals surface area contributed by atoms with Crippen molar-refractivity contribution in [3.05, 3.63) is 59.8 Å². The highest BCUT2D eigenvalue weighted by Crippen LogP contribution is 2.24. The lowest BCUT2D eigenvalue weighted by Gasteiger charge is -2.24. The zero-order chi connectivity index (χ0) is 14.2. The van der Waals surface area contributed by atoms with Crippen molar-refractivity contribution >= 4 is 10.9 Å². The van der Waals surface area contributed by atoms with Crippen molar-refractivity contribution in [3.63, 3.8) is 0 Å². The standard InChI is InChI=1S/C15H15FN4/c1-15(17,14-12(16)3-2-6-18-14)8-10-4-5-13-11(7-10)9-19-20-13/h2-7,9H,8,17H2,1H3,(H,19,20). The molecule has 2 aromatic heterocycles. The summed E-state index contributed by atoms with van der Waals surface area (Å²) in [5.41, 5.74) is 7.68. The lowest BCUT2D eigenvalue weighted by atomic mass is 9.89. The summed E-state index contributed by atoms with van der Waals surface area (Å²) in [4.78, 5) is 4.08. The van der Waals surface area contributed by atoms with Gasteiger partial charge in [-0.2, -0.15) is 5.10 Å². The summed E-state index contributed by atoms with van der Waals surface area (Å²) in [7, 11) is 0. The Balaban J connectivity index is 1.94. The van der Waals surface area contributed by atoms with E-state index in [1.165, 1.54) is 6.07 Å². The number of aromatic amines is 1. The second-order valence-electron chi connectivity index (χ2n) is 5.22. The van der Waals surface area contributed by atoms with Crippen LogP contribution in [-0.2, 0) is 12.0 Å². The number of rotatable bonds is 3. The Morgan fingerprint density at radius 1 is 1.35 bits per heavy atom. The van der Waals surface area contributed by atoms with Gasteiger partial charge in [-0.15, -0.1) is 0 Å². The molecule has 0 bridgehead atoms. The Kier molecular flexibility index (Phi) is 2.99. The van der Waals surface area contributed by atoms with E-state index in [0.717, 1.165) is 16.5 Å². The first kappa shape index (κ1) is 12.7. The molecule has 0 aliphatic rings. The molecule has 2 heterocycles. The van der Waals surface area contributed by atoms with Crippen molar-refractivity contribution in [1.82, 2.24) is 15.2 Å². The summed E-state index contributed by atoms with van der Waals surface area (Å²) in [6, 6.07) is 8.86. The van der Waals surface area contributed by atoms with Crippen LogP contribution in [0.5, 0.6) is 0 Å². The summed E-state index contributed by atoms with van der Waals surface area (Å²) < 4.78 is 13.8. The largest absolute Gasteiger partial charge is 0.320 e. The number of hydrogen-bond donors (Lipinski definition) is 2. The van der Waals surface area contributed by atoms with E-state index < -0.39 is 5.54 Å². The van der Waals surface area contributed by atoms with Gasteiger partial charge in [0.25, 0.3) is 0 Å². The minimum absolute atomic E-state index is 0.285. The van der Waals surface area contributed by atoms with Gasteiger partial charge < -0.3 is 5.73 Å². The maximum Gasteiger partial charge on any atom is 0.146 e. The van der Waals surface area contributed by atoms with E-state index in [0.29, 0.717) is 6.42 Å². The van der Waals surface area contributed by atoms with Crippen molar-refractivity contribution in [3.8, 4) is 0 Å². The fourth-order valence-corrected chi connectivity index (χ4v) is 2.42. The molecule has 0 radical (unpaired) electrons. The van der Waals surface area contributed by atoms with Gasteiger partial charge >= 0.3 is 0 Å². The first-order valence-electron chi connectivity index (χ1n) is 6.38. The zero-order valence-corrected chi connectivity index (χ0v) is 11.1. The maximum absolute atomic E-state index is 13.8. The van der Waals surface area contributed by atoms with Gasteiger partial charge in [0.15, 0.2) is 0 Å². The minimum atomic E-state index is -0.858. The molecule has 3 rings (SSSR count). The lowest BCUT2D eigenvalue weighted by molar-refractivity contribution is 0.440. The van der Waals surface area contributed by atoms with Crippen LogP contribution in [0.3, 0.4) is 0 Å². The SMILES string of the molecule is CC(N)(Cc1ccc2[nH]ncc2c1)c1ncccc1F. The molecule has 5 heteroatoms. The summed E-state index contributed by atoms with van der Waals surface area (Å²) in [5, 5.41) is 7.89. The normalized spacial score (nSPS) is 14.3. The molecule has 0 aliphatic carbocycles. The van der Waals surface area contributed by atoms with Crippen molar-refractivity contribution < 1.29 is 4.39 Å². The predicted octanol–water partition coefficient (Wildman–Crippen LogP) is 2.51. The molecule has 1 aromatic carbocycles. The average Bonchev–Trinajstić information content (AvgIpc) is 2.86. The number of H-pyrrole nitrogens is 1. The zero-order valence-electron chi connectivity index (χ0n) is 11.1. The number of nitrogens with two attached hydrogens (primary N) is 1. The number of hydrogen-bond acceptors (Lipinski definition) is 3. The third kappa shape index (κ3) is 2.28. The van der Waals surface area contributed by atoms with Crippen LogP contribution >= 0.6 is 0 Å². The Morgan fingerprint density at radius 2 is 2.20 bits per heavy atom. The van der Waals surface area contributed by atoms with Gasteiger partial charge in [0.05, 0.1) is 22.9 Å².